The minimum atomic E-state index is -0.352. The van der Waals surface area contributed by atoms with Gasteiger partial charge in [-0.1, -0.05) is 24.3 Å². The fraction of sp³-hybridized carbons (Fsp3) is 0.125. The Kier molecular flexibility index (Phi) is 5.99. The lowest BCUT2D eigenvalue weighted by molar-refractivity contribution is -0.118. The molecule has 0 fully saturated rings. The van der Waals surface area contributed by atoms with Crippen LogP contribution in [0.25, 0.3) is 5.69 Å². The molecule has 0 aliphatic carbocycles. The average Bonchev–Trinajstić information content (AvgIpc) is 3.34. The zero-order chi connectivity index (χ0) is 22.5. The number of hydrogen-bond acceptors (Lipinski definition) is 5. The average molecular weight is 426 g/mol. The van der Waals surface area contributed by atoms with Crippen molar-refractivity contribution in [3.63, 3.8) is 0 Å². The maximum absolute atomic E-state index is 13.7. The van der Waals surface area contributed by atoms with E-state index in [0.29, 0.717) is 23.4 Å². The topological polar surface area (TPSA) is 87.7 Å². The van der Waals surface area contributed by atoms with Gasteiger partial charge in [0.25, 0.3) is 0 Å². The fourth-order valence-electron chi connectivity index (χ4n) is 3.41. The molecule has 0 saturated heterocycles. The highest BCUT2D eigenvalue weighted by Gasteiger charge is 2.19. The monoisotopic (exact) mass is 426 g/mol. The number of rotatable bonds is 6. The number of halogens is 1. The van der Waals surface area contributed by atoms with E-state index in [2.05, 4.69) is 21.6 Å². The minimum absolute atomic E-state index is 0.126. The normalized spacial score (nSPS) is 10.5. The molecule has 1 heterocycles. The molecular formula is C24H19FN6O. The van der Waals surface area contributed by atoms with Crippen molar-refractivity contribution in [2.45, 2.75) is 19.9 Å². The van der Waals surface area contributed by atoms with Crippen LogP contribution in [0.15, 0.2) is 73.1 Å². The standard InChI is InChI=1S/C24H19FN6O/c1-17-12-21(25)8-11-23(17)30(15-20-4-2-19(14-26)3-5-20)24(32)13-18-6-9-22(10-7-18)31-16-27-28-29-31/h2-12,16H,13,15H2,1H3. The first-order valence-corrected chi connectivity index (χ1v) is 9.91. The van der Waals surface area contributed by atoms with E-state index < -0.39 is 0 Å². The molecule has 0 bridgehead atoms. The number of amides is 1. The van der Waals surface area contributed by atoms with Crippen molar-refractivity contribution in [3.05, 3.63) is 101 Å². The number of nitriles is 1. The van der Waals surface area contributed by atoms with Crippen LogP contribution in [0.2, 0.25) is 0 Å². The Labute approximate surface area is 184 Å². The van der Waals surface area contributed by atoms with Gasteiger partial charge in [0.15, 0.2) is 0 Å². The van der Waals surface area contributed by atoms with Crippen molar-refractivity contribution in [3.8, 4) is 11.8 Å². The third-order valence-electron chi connectivity index (χ3n) is 5.08. The number of carbonyl (C=O) groups is 1. The van der Waals surface area contributed by atoms with Crippen molar-refractivity contribution in [1.29, 1.82) is 5.26 Å². The second-order valence-electron chi connectivity index (χ2n) is 7.32. The third-order valence-corrected chi connectivity index (χ3v) is 5.08. The van der Waals surface area contributed by atoms with E-state index >= 15 is 0 Å². The summed E-state index contributed by atoms with van der Waals surface area (Å²) in [5.41, 5.74) is 4.35. The Morgan fingerprint density at radius 2 is 1.78 bits per heavy atom. The lowest BCUT2D eigenvalue weighted by Crippen LogP contribution is -2.32. The molecule has 4 rings (SSSR count). The number of aromatic nitrogens is 4. The molecule has 0 unspecified atom stereocenters. The Hall–Kier alpha value is -4.38. The SMILES string of the molecule is Cc1cc(F)ccc1N(Cc1ccc(C#N)cc1)C(=O)Cc1ccc(-n2cnnn2)cc1. The predicted octanol–water partition coefficient (Wildman–Crippen LogP) is 3.76. The first kappa shape index (κ1) is 20.9. The second kappa shape index (κ2) is 9.18. The van der Waals surface area contributed by atoms with Crippen LogP contribution in [-0.2, 0) is 17.8 Å². The van der Waals surface area contributed by atoms with E-state index in [0.717, 1.165) is 16.8 Å². The molecule has 0 aliphatic rings. The highest BCUT2D eigenvalue weighted by Crippen LogP contribution is 2.24. The maximum Gasteiger partial charge on any atom is 0.231 e. The van der Waals surface area contributed by atoms with E-state index in [1.807, 2.05) is 36.4 Å². The van der Waals surface area contributed by atoms with E-state index in [1.54, 1.807) is 30.0 Å². The molecule has 0 N–H and O–H groups in total. The summed E-state index contributed by atoms with van der Waals surface area (Å²) >= 11 is 0. The molecule has 0 aliphatic heterocycles. The summed E-state index contributed by atoms with van der Waals surface area (Å²) in [6, 6.07) is 20.9. The van der Waals surface area contributed by atoms with Crippen LogP contribution in [0.5, 0.6) is 0 Å². The van der Waals surface area contributed by atoms with Crippen molar-refractivity contribution in [2.75, 3.05) is 4.90 Å². The molecule has 0 atom stereocenters. The number of benzene rings is 3. The van der Waals surface area contributed by atoms with E-state index in [1.165, 1.54) is 23.1 Å². The minimum Gasteiger partial charge on any atom is -0.307 e. The zero-order valence-electron chi connectivity index (χ0n) is 17.3. The molecule has 4 aromatic rings. The number of nitrogens with zero attached hydrogens (tertiary/aromatic N) is 6. The molecule has 0 saturated carbocycles. The summed E-state index contributed by atoms with van der Waals surface area (Å²) in [6.45, 7) is 2.08. The maximum atomic E-state index is 13.7. The first-order chi connectivity index (χ1) is 15.5. The second-order valence-corrected chi connectivity index (χ2v) is 7.32. The molecular weight excluding hydrogens is 407 g/mol. The van der Waals surface area contributed by atoms with Gasteiger partial charge >= 0.3 is 0 Å². The van der Waals surface area contributed by atoms with Crippen molar-refractivity contribution in [1.82, 2.24) is 20.2 Å². The summed E-state index contributed by atoms with van der Waals surface area (Å²) in [4.78, 5) is 15.0. The van der Waals surface area contributed by atoms with Crippen LogP contribution in [-0.4, -0.2) is 26.1 Å². The summed E-state index contributed by atoms with van der Waals surface area (Å²) < 4.78 is 15.2. The van der Waals surface area contributed by atoms with Gasteiger partial charge < -0.3 is 4.90 Å². The Bertz CT molecular complexity index is 1260. The van der Waals surface area contributed by atoms with Gasteiger partial charge in [-0.05, 0) is 76.5 Å². The summed E-state index contributed by atoms with van der Waals surface area (Å²) in [7, 11) is 0. The summed E-state index contributed by atoms with van der Waals surface area (Å²) in [6.07, 6.45) is 1.67. The molecule has 0 radical (unpaired) electrons. The third kappa shape index (κ3) is 4.68. The number of carbonyl (C=O) groups excluding carboxylic acids is 1. The number of tetrazole rings is 1. The van der Waals surface area contributed by atoms with Gasteiger partial charge in [0.05, 0.1) is 30.3 Å². The molecule has 158 valence electrons. The largest absolute Gasteiger partial charge is 0.307 e. The highest BCUT2D eigenvalue weighted by atomic mass is 19.1. The fourth-order valence-corrected chi connectivity index (χ4v) is 3.41. The van der Waals surface area contributed by atoms with Gasteiger partial charge in [0.2, 0.25) is 5.91 Å². The number of anilines is 1. The smallest absolute Gasteiger partial charge is 0.231 e. The molecule has 7 nitrogen and oxygen atoms in total. The first-order valence-electron chi connectivity index (χ1n) is 9.91. The lowest BCUT2D eigenvalue weighted by Gasteiger charge is -2.25. The summed E-state index contributed by atoms with van der Waals surface area (Å²) in [5.74, 6) is -0.477. The Balaban J connectivity index is 1.59. The van der Waals surface area contributed by atoms with Gasteiger partial charge in [-0.25, -0.2) is 9.07 Å². The molecule has 32 heavy (non-hydrogen) atoms. The van der Waals surface area contributed by atoms with Crippen LogP contribution in [0.1, 0.15) is 22.3 Å². The molecule has 1 amide bonds. The van der Waals surface area contributed by atoms with Crippen LogP contribution in [0, 0.1) is 24.1 Å². The number of aryl methyl sites for hydroxylation is 1. The zero-order valence-corrected chi connectivity index (χ0v) is 17.3. The lowest BCUT2D eigenvalue weighted by atomic mass is 10.1. The summed E-state index contributed by atoms with van der Waals surface area (Å²) in [5, 5.41) is 20.1. The molecule has 3 aromatic carbocycles. The molecule has 0 spiro atoms. The molecule has 1 aromatic heterocycles. The van der Waals surface area contributed by atoms with E-state index in [-0.39, 0.29) is 18.1 Å². The van der Waals surface area contributed by atoms with E-state index in [9.17, 15) is 9.18 Å². The Morgan fingerprint density at radius 3 is 2.41 bits per heavy atom. The van der Waals surface area contributed by atoms with Crippen LogP contribution in [0.3, 0.4) is 0 Å². The van der Waals surface area contributed by atoms with Gasteiger partial charge in [-0.2, -0.15) is 5.26 Å². The van der Waals surface area contributed by atoms with Crippen LogP contribution >= 0.6 is 0 Å². The molecule has 8 heteroatoms. The van der Waals surface area contributed by atoms with E-state index in [4.69, 9.17) is 5.26 Å². The van der Waals surface area contributed by atoms with Crippen molar-refractivity contribution >= 4 is 11.6 Å². The van der Waals surface area contributed by atoms with Gasteiger partial charge in [-0.3, -0.25) is 4.79 Å². The van der Waals surface area contributed by atoms with Gasteiger partial charge in [0, 0.05) is 5.69 Å². The predicted molar refractivity (Wildman–Crippen MR) is 116 cm³/mol. The van der Waals surface area contributed by atoms with Crippen LogP contribution < -0.4 is 4.90 Å². The van der Waals surface area contributed by atoms with Gasteiger partial charge in [0.1, 0.15) is 12.1 Å². The van der Waals surface area contributed by atoms with Gasteiger partial charge in [-0.15, -0.1) is 5.10 Å². The van der Waals surface area contributed by atoms with Crippen molar-refractivity contribution in [2.24, 2.45) is 0 Å². The van der Waals surface area contributed by atoms with Crippen molar-refractivity contribution < 1.29 is 9.18 Å². The Morgan fingerprint density at radius 1 is 1.06 bits per heavy atom. The van der Waals surface area contributed by atoms with Crippen LogP contribution in [0.4, 0.5) is 10.1 Å². The highest BCUT2D eigenvalue weighted by molar-refractivity contribution is 5.95. The quantitative estimate of drug-likeness (QED) is 0.469. The number of hydrogen-bond donors (Lipinski definition) is 0.